The van der Waals surface area contributed by atoms with Crippen LogP contribution >= 0.6 is 0 Å². The van der Waals surface area contributed by atoms with E-state index in [0.717, 1.165) is 116 Å². The Bertz CT molecular complexity index is 1500. The third-order valence-electron chi connectivity index (χ3n) is 14.9. The van der Waals surface area contributed by atoms with Gasteiger partial charge >= 0.3 is 17.9 Å². The second-order valence-electron chi connectivity index (χ2n) is 22.7. The molecule has 0 saturated carbocycles. The Morgan fingerprint density at radius 3 is 0.823 bits per heavy atom. The average Bonchev–Trinajstić information content (AvgIpc) is 3.45. The molecule has 0 spiro atoms. The van der Waals surface area contributed by atoms with E-state index in [1.165, 1.54) is 186 Å². The Hall–Kier alpha value is -3.41. The standard InChI is InChI=1S/C73H128O6/c1-4-7-10-13-16-19-22-24-26-28-30-32-33-34-35-36-37-38-39-41-42-44-46-48-51-54-57-60-63-66-72(75)78-69-70(68-77-71(74)65-62-59-56-53-50-21-18-15-12-9-6-3)79-73(76)67-64-61-58-55-52-49-47-45-43-40-31-29-27-25-23-20-17-14-11-8-5-2/h8,11,15,17-18,20,25,27-28,30-31,40,45,47,70H,4-7,9-10,12-14,16,19,21-24,26,29,32-39,41-44,46,48-69H2,1-3H3/b11-8-,18-15-,20-17-,27-25-,30-28-,40-31-,47-45-. The van der Waals surface area contributed by atoms with Crippen LogP contribution in [0.2, 0.25) is 0 Å². The van der Waals surface area contributed by atoms with Crippen molar-refractivity contribution in [1.82, 2.24) is 0 Å². The molecule has 0 N–H and O–H groups in total. The second kappa shape index (κ2) is 67.1. The van der Waals surface area contributed by atoms with E-state index in [0.29, 0.717) is 19.3 Å². The van der Waals surface area contributed by atoms with Crippen LogP contribution in [0, 0.1) is 0 Å². The molecule has 0 radical (unpaired) electrons. The highest BCUT2D eigenvalue weighted by atomic mass is 16.6. The van der Waals surface area contributed by atoms with Crippen LogP contribution in [-0.4, -0.2) is 37.2 Å². The zero-order valence-corrected chi connectivity index (χ0v) is 52.4. The highest BCUT2D eigenvalue weighted by Crippen LogP contribution is 2.17. The summed E-state index contributed by atoms with van der Waals surface area (Å²) in [4.78, 5) is 38.3. The number of carbonyl (C=O) groups is 3. The Kier molecular flexibility index (Phi) is 64.2. The van der Waals surface area contributed by atoms with Gasteiger partial charge in [0.05, 0.1) is 0 Å². The van der Waals surface area contributed by atoms with Crippen LogP contribution < -0.4 is 0 Å². The van der Waals surface area contributed by atoms with Crippen molar-refractivity contribution in [3.8, 4) is 0 Å². The molecule has 0 aromatic rings. The molecule has 0 fully saturated rings. The van der Waals surface area contributed by atoms with Crippen molar-refractivity contribution in [2.45, 2.75) is 348 Å². The lowest BCUT2D eigenvalue weighted by atomic mass is 10.0. The van der Waals surface area contributed by atoms with E-state index in [2.05, 4.69) is 106 Å². The summed E-state index contributed by atoms with van der Waals surface area (Å²) in [6, 6.07) is 0. The van der Waals surface area contributed by atoms with Crippen molar-refractivity contribution in [2.75, 3.05) is 13.2 Å². The predicted octanol–water partition coefficient (Wildman–Crippen LogP) is 23.4. The van der Waals surface area contributed by atoms with Gasteiger partial charge in [0.1, 0.15) is 13.2 Å². The maximum Gasteiger partial charge on any atom is 0.306 e. The molecule has 0 aromatic carbocycles. The van der Waals surface area contributed by atoms with Crippen LogP contribution in [-0.2, 0) is 28.6 Å². The molecule has 0 bridgehead atoms. The van der Waals surface area contributed by atoms with Crippen molar-refractivity contribution in [3.05, 3.63) is 85.1 Å². The normalized spacial score (nSPS) is 12.6. The van der Waals surface area contributed by atoms with E-state index in [4.69, 9.17) is 14.2 Å². The molecule has 0 rings (SSSR count). The van der Waals surface area contributed by atoms with Crippen LogP contribution in [0.3, 0.4) is 0 Å². The minimum atomic E-state index is -0.791. The summed E-state index contributed by atoms with van der Waals surface area (Å²) in [5.41, 5.74) is 0. The van der Waals surface area contributed by atoms with Crippen LogP contribution in [0.5, 0.6) is 0 Å². The maximum atomic E-state index is 12.9. The summed E-state index contributed by atoms with van der Waals surface area (Å²) in [5, 5.41) is 0. The molecule has 0 aliphatic rings. The number of hydrogen-bond donors (Lipinski definition) is 0. The van der Waals surface area contributed by atoms with Gasteiger partial charge in [-0.2, -0.15) is 0 Å². The number of allylic oxidation sites excluding steroid dienone is 14. The summed E-state index contributed by atoms with van der Waals surface area (Å²) in [6.45, 7) is 6.50. The first-order chi connectivity index (χ1) is 39.0. The Balaban J connectivity index is 4.22. The highest BCUT2D eigenvalue weighted by Gasteiger charge is 2.19. The molecular weight excluding hydrogens is 973 g/mol. The average molecular weight is 1100 g/mol. The molecule has 0 aliphatic carbocycles. The SMILES string of the molecule is CC/C=C\C/C=C\C/C=C\C/C=C\C/C=C\CCCCCCCC(=O)OC(COC(=O)CCCCCCC/C=C\CCCC)COC(=O)CCCCCCCCCCCCCCCCCCC/C=C\CCCCCCCCCC. The quantitative estimate of drug-likeness (QED) is 0.0261. The fraction of sp³-hybridized carbons (Fsp3) is 0.767. The molecule has 6 heteroatoms. The van der Waals surface area contributed by atoms with Gasteiger partial charge in [0.15, 0.2) is 6.10 Å². The minimum absolute atomic E-state index is 0.0850. The van der Waals surface area contributed by atoms with Crippen molar-refractivity contribution in [1.29, 1.82) is 0 Å². The molecule has 6 nitrogen and oxygen atoms in total. The van der Waals surface area contributed by atoms with Crippen molar-refractivity contribution >= 4 is 17.9 Å². The molecule has 0 aliphatic heterocycles. The van der Waals surface area contributed by atoms with Gasteiger partial charge in [-0.15, -0.1) is 0 Å². The van der Waals surface area contributed by atoms with Gasteiger partial charge in [-0.3, -0.25) is 14.4 Å². The van der Waals surface area contributed by atoms with Gasteiger partial charge in [0.25, 0.3) is 0 Å². The highest BCUT2D eigenvalue weighted by molar-refractivity contribution is 5.71. The number of rotatable bonds is 62. The van der Waals surface area contributed by atoms with E-state index in [1.807, 2.05) is 0 Å². The summed E-state index contributed by atoms with van der Waals surface area (Å²) in [7, 11) is 0. The van der Waals surface area contributed by atoms with Crippen LogP contribution in [0.1, 0.15) is 342 Å². The van der Waals surface area contributed by atoms with Crippen molar-refractivity contribution < 1.29 is 28.6 Å². The zero-order chi connectivity index (χ0) is 57.1. The summed E-state index contributed by atoms with van der Waals surface area (Å²) < 4.78 is 16.9. The lowest BCUT2D eigenvalue weighted by Crippen LogP contribution is -2.30. The topological polar surface area (TPSA) is 78.9 Å². The molecule has 0 saturated heterocycles. The smallest absolute Gasteiger partial charge is 0.306 e. The van der Waals surface area contributed by atoms with Crippen molar-refractivity contribution in [3.63, 3.8) is 0 Å². The monoisotopic (exact) mass is 1100 g/mol. The first-order valence-electron chi connectivity index (χ1n) is 34.1. The number of carbonyl (C=O) groups excluding carboxylic acids is 3. The van der Waals surface area contributed by atoms with Gasteiger partial charge in [-0.05, 0) is 109 Å². The lowest BCUT2D eigenvalue weighted by Gasteiger charge is -2.18. The number of ether oxygens (including phenoxy) is 3. The molecule has 79 heavy (non-hydrogen) atoms. The van der Waals surface area contributed by atoms with Crippen LogP contribution in [0.4, 0.5) is 0 Å². The van der Waals surface area contributed by atoms with Gasteiger partial charge in [0.2, 0.25) is 0 Å². The first-order valence-corrected chi connectivity index (χ1v) is 34.1. The summed E-state index contributed by atoms with van der Waals surface area (Å²) in [6.07, 6.45) is 89.0. The molecule has 0 heterocycles. The van der Waals surface area contributed by atoms with E-state index >= 15 is 0 Å². The number of unbranched alkanes of at least 4 members (excludes halogenated alkanes) is 37. The third-order valence-corrected chi connectivity index (χ3v) is 14.9. The van der Waals surface area contributed by atoms with Gasteiger partial charge in [-0.25, -0.2) is 0 Å². The Morgan fingerprint density at radius 1 is 0.266 bits per heavy atom. The van der Waals surface area contributed by atoms with E-state index < -0.39 is 6.10 Å². The molecule has 0 aromatic heterocycles. The first kappa shape index (κ1) is 75.6. The fourth-order valence-electron chi connectivity index (χ4n) is 9.74. The largest absolute Gasteiger partial charge is 0.462 e. The predicted molar refractivity (Wildman–Crippen MR) is 344 cm³/mol. The summed E-state index contributed by atoms with van der Waals surface area (Å²) >= 11 is 0. The Morgan fingerprint density at radius 2 is 0.506 bits per heavy atom. The van der Waals surface area contributed by atoms with E-state index in [-0.39, 0.29) is 31.1 Å². The van der Waals surface area contributed by atoms with Crippen LogP contribution in [0.15, 0.2) is 85.1 Å². The maximum absolute atomic E-state index is 12.9. The molecule has 1 atom stereocenters. The second-order valence-corrected chi connectivity index (χ2v) is 22.7. The molecule has 1 unspecified atom stereocenters. The third kappa shape index (κ3) is 65.3. The van der Waals surface area contributed by atoms with Crippen LogP contribution in [0.25, 0.3) is 0 Å². The van der Waals surface area contributed by atoms with Gasteiger partial charge in [0, 0.05) is 19.3 Å². The van der Waals surface area contributed by atoms with E-state index in [1.54, 1.807) is 0 Å². The molecule has 456 valence electrons. The number of hydrogen-bond acceptors (Lipinski definition) is 6. The van der Waals surface area contributed by atoms with Gasteiger partial charge in [-0.1, -0.05) is 298 Å². The van der Waals surface area contributed by atoms with Gasteiger partial charge < -0.3 is 14.2 Å². The van der Waals surface area contributed by atoms with E-state index in [9.17, 15) is 14.4 Å². The fourth-order valence-corrected chi connectivity index (χ4v) is 9.74. The minimum Gasteiger partial charge on any atom is -0.462 e. The zero-order valence-electron chi connectivity index (χ0n) is 52.4. The number of esters is 3. The molecular formula is C73H128O6. The molecule has 0 amide bonds. The van der Waals surface area contributed by atoms with Crippen molar-refractivity contribution in [2.24, 2.45) is 0 Å². The Labute approximate surface area is 490 Å². The lowest BCUT2D eigenvalue weighted by molar-refractivity contribution is -0.167. The summed E-state index contributed by atoms with van der Waals surface area (Å²) in [5.74, 6) is -0.901.